The third-order valence-electron chi connectivity index (χ3n) is 4.97. The second-order valence-corrected chi connectivity index (χ2v) is 8.79. The first-order valence-corrected chi connectivity index (χ1v) is 10.5. The van der Waals surface area contributed by atoms with Crippen LogP contribution in [0.5, 0.6) is 0 Å². The summed E-state index contributed by atoms with van der Waals surface area (Å²) < 4.78 is 1.61. The lowest BCUT2D eigenvalue weighted by atomic mass is 9.93. The van der Waals surface area contributed by atoms with Crippen LogP contribution in [0.1, 0.15) is 42.6 Å². The Labute approximate surface area is 186 Å². The van der Waals surface area contributed by atoms with Gasteiger partial charge in [-0.05, 0) is 24.3 Å². The predicted octanol–water partition coefficient (Wildman–Crippen LogP) is 4.71. The molecule has 7 heteroatoms. The highest BCUT2D eigenvalue weighted by Gasteiger charge is 2.22. The number of carbonyl (C=O) groups is 1. The highest BCUT2D eigenvalue weighted by Crippen LogP contribution is 2.29. The highest BCUT2D eigenvalue weighted by atomic mass is 35.5. The van der Waals surface area contributed by atoms with Crippen molar-refractivity contribution in [2.75, 3.05) is 6.54 Å². The molecule has 0 aliphatic heterocycles. The quantitative estimate of drug-likeness (QED) is 0.494. The van der Waals surface area contributed by atoms with Crippen LogP contribution in [0.4, 0.5) is 0 Å². The fourth-order valence-electron chi connectivity index (χ4n) is 3.25. The van der Waals surface area contributed by atoms with Crippen molar-refractivity contribution in [2.45, 2.75) is 32.6 Å². The molecule has 0 radical (unpaired) electrons. The van der Waals surface area contributed by atoms with E-state index in [9.17, 15) is 4.79 Å². The van der Waals surface area contributed by atoms with Crippen LogP contribution in [0, 0.1) is 0 Å². The Hall–Kier alpha value is -3.25. The predicted molar refractivity (Wildman–Crippen MR) is 122 cm³/mol. The van der Waals surface area contributed by atoms with Gasteiger partial charge in [-0.1, -0.05) is 56.6 Å². The van der Waals surface area contributed by atoms with Crippen LogP contribution in [0.25, 0.3) is 16.9 Å². The fourth-order valence-corrected chi connectivity index (χ4v) is 3.48. The molecule has 0 fully saturated rings. The number of hydrogen-bond donors (Lipinski definition) is 1. The van der Waals surface area contributed by atoms with E-state index in [0.717, 1.165) is 17.0 Å². The third kappa shape index (κ3) is 4.59. The third-order valence-corrected chi connectivity index (χ3v) is 5.30. The van der Waals surface area contributed by atoms with Crippen LogP contribution in [0.3, 0.4) is 0 Å². The van der Waals surface area contributed by atoms with Gasteiger partial charge >= 0.3 is 0 Å². The molecule has 158 valence electrons. The van der Waals surface area contributed by atoms with Crippen LogP contribution in [-0.2, 0) is 11.8 Å². The average Bonchev–Trinajstić information content (AvgIpc) is 3.19. The van der Waals surface area contributed by atoms with Gasteiger partial charge in [-0.15, -0.1) is 0 Å². The van der Waals surface area contributed by atoms with Gasteiger partial charge in [0.1, 0.15) is 5.69 Å². The van der Waals surface area contributed by atoms with Crippen LogP contribution in [0.2, 0.25) is 5.02 Å². The van der Waals surface area contributed by atoms with Crippen molar-refractivity contribution in [3.05, 3.63) is 82.9 Å². The van der Waals surface area contributed by atoms with Crippen molar-refractivity contribution in [2.24, 2.45) is 0 Å². The van der Waals surface area contributed by atoms with E-state index >= 15 is 0 Å². The van der Waals surface area contributed by atoms with E-state index in [2.05, 4.69) is 36.2 Å². The molecule has 0 atom stereocenters. The summed E-state index contributed by atoms with van der Waals surface area (Å²) in [5.74, 6) is -0.222. The highest BCUT2D eigenvalue weighted by molar-refractivity contribution is 6.33. The lowest BCUT2D eigenvalue weighted by molar-refractivity contribution is 0.0946. The average molecular weight is 434 g/mol. The Kier molecular flexibility index (Phi) is 5.74. The van der Waals surface area contributed by atoms with Crippen LogP contribution in [0.15, 0.2) is 60.8 Å². The van der Waals surface area contributed by atoms with Gasteiger partial charge in [0.15, 0.2) is 5.65 Å². The number of carbonyl (C=O) groups excluding carboxylic acids is 1. The second-order valence-electron chi connectivity index (χ2n) is 8.38. The van der Waals surface area contributed by atoms with Gasteiger partial charge in [-0.25, -0.2) is 9.50 Å². The largest absolute Gasteiger partial charge is 0.350 e. The van der Waals surface area contributed by atoms with Crippen molar-refractivity contribution in [1.29, 1.82) is 0 Å². The molecular formula is C24H24ClN5O. The lowest BCUT2D eigenvalue weighted by Gasteiger charge is -2.13. The van der Waals surface area contributed by atoms with E-state index in [1.807, 2.05) is 48.5 Å². The monoisotopic (exact) mass is 433 g/mol. The number of nitrogens with zero attached hydrogens (tertiary/aromatic N) is 4. The van der Waals surface area contributed by atoms with Gasteiger partial charge < -0.3 is 5.32 Å². The normalized spacial score (nSPS) is 11.6. The van der Waals surface area contributed by atoms with E-state index in [0.29, 0.717) is 35.0 Å². The van der Waals surface area contributed by atoms with Crippen LogP contribution >= 0.6 is 11.6 Å². The van der Waals surface area contributed by atoms with Gasteiger partial charge in [0.05, 0.1) is 11.4 Å². The summed E-state index contributed by atoms with van der Waals surface area (Å²) in [5.41, 5.74) is 4.03. The summed E-state index contributed by atoms with van der Waals surface area (Å²) in [6.45, 7) is 6.71. The molecule has 0 bridgehead atoms. The van der Waals surface area contributed by atoms with Gasteiger partial charge in [0, 0.05) is 46.9 Å². The molecule has 1 N–H and O–H groups in total. The zero-order chi connectivity index (χ0) is 22.0. The first-order chi connectivity index (χ1) is 14.8. The van der Waals surface area contributed by atoms with E-state index < -0.39 is 0 Å². The fraction of sp³-hybridized carbons (Fsp3) is 0.250. The molecule has 1 amide bonds. The molecule has 31 heavy (non-hydrogen) atoms. The molecular weight excluding hydrogens is 410 g/mol. The number of benzene rings is 1. The van der Waals surface area contributed by atoms with E-state index in [1.54, 1.807) is 16.8 Å². The number of pyridine rings is 1. The molecule has 0 spiro atoms. The van der Waals surface area contributed by atoms with Crippen molar-refractivity contribution in [3.8, 4) is 11.3 Å². The number of nitrogens with one attached hydrogen (secondary N) is 1. The maximum atomic E-state index is 13.1. The molecule has 1 aromatic carbocycles. The van der Waals surface area contributed by atoms with Gasteiger partial charge in [-0.3, -0.25) is 9.78 Å². The first-order valence-electron chi connectivity index (χ1n) is 10.2. The van der Waals surface area contributed by atoms with Crippen molar-refractivity contribution in [1.82, 2.24) is 24.9 Å². The molecule has 3 aromatic heterocycles. The minimum absolute atomic E-state index is 0.176. The van der Waals surface area contributed by atoms with E-state index in [-0.39, 0.29) is 11.3 Å². The topological polar surface area (TPSA) is 72.2 Å². The molecule has 3 heterocycles. The lowest BCUT2D eigenvalue weighted by Crippen LogP contribution is -2.28. The van der Waals surface area contributed by atoms with Gasteiger partial charge in [-0.2, -0.15) is 5.10 Å². The molecule has 0 saturated heterocycles. The van der Waals surface area contributed by atoms with Crippen molar-refractivity contribution >= 4 is 23.2 Å². The number of fused-ring (bicyclic) bond motifs is 1. The summed E-state index contributed by atoms with van der Waals surface area (Å²) in [6, 6.07) is 16.9. The SMILES string of the molecule is CC(C)(C)c1cc2nc(-c3ccccc3Cl)cc(C(=O)NCCc3ccccn3)n2n1. The maximum Gasteiger partial charge on any atom is 0.270 e. The second kappa shape index (κ2) is 8.47. The summed E-state index contributed by atoms with van der Waals surface area (Å²) in [6.07, 6.45) is 2.39. The van der Waals surface area contributed by atoms with Crippen LogP contribution in [-0.4, -0.2) is 32.0 Å². The first kappa shape index (κ1) is 21.0. The number of hydrogen-bond acceptors (Lipinski definition) is 4. The minimum atomic E-state index is -0.222. The summed E-state index contributed by atoms with van der Waals surface area (Å²) >= 11 is 6.40. The Morgan fingerprint density at radius 1 is 1.10 bits per heavy atom. The molecule has 0 saturated carbocycles. The molecule has 0 unspecified atom stereocenters. The summed E-state index contributed by atoms with van der Waals surface area (Å²) in [5, 5.41) is 8.24. The van der Waals surface area contributed by atoms with Crippen molar-refractivity contribution in [3.63, 3.8) is 0 Å². The number of aromatic nitrogens is 4. The summed E-state index contributed by atoms with van der Waals surface area (Å²) in [4.78, 5) is 22.2. The van der Waals surface area contributed by atoms with Gasteiger partial charge in [0.2, 0.25) is 0 Å². The maximum absolute atomic E-state index is 13.1. The van der Waals surface area contributed by atoms with Crippen LogP contribution < -0.4 is 5.32 Å². The van der Waals surface area contributed by atoms with Crippen molar-refractivity contribution < 1.29 is 4.79 Å². The standard InChI is InChI=1S/C24H24ClN5O/c1-24(2,3)21-15-22-28-19(17-9-4-5-10-18(17)25)14-20(30(22)29-21)23(31)27-13-11-16-8-6-7-12-26-16/h4-10,12,14-15H,11,13H2,1-3H3,(H,27,31). The number of rotatable bonds is 5. The molecule has 0 aliphatic carbocycles. The van der Waals surface area contributed by atoms with Gasteiger partial charge in [0.25, 0.3) is 5.91 Å². The molecule has 0 aliphatic rings. The smallest absolute Gasteiger partial charge is 0.270 e. The molecule has 6 nitrogen and oxygen atoms in total. The Bertz CT molecular complexity index is 1230. The Morgan fingerprint density at radius 2 is 1.87 bits per heavy atom. The Balaban J connectivity index is 1.71. The number of halogens is 1. The van der Waals surface area contributed by atoms with E-state index in [4.69, 9.17) is 16.6 Å². The summed E-state index contributed by atoms with van der Waals surface area (Å²) in [7, 11) is 0. The zero-order valence-electron chi connectivity index (χ0n) is 17.8. The Morgan fingerprint density at radius 3 is 2.58 bits per heavy atom. The number of amides is 1. The van der Waals surface area contributed by atoms with E-state index in [1.165, 1.54) is 0 Å². The molecule has 4 aromatic rings. The minimum Gasteiger partial charge on any atom is -0.350 e. The molecule has 4 rings (SSSR count). The zero-order valence-corrected chi connectivity index (χ0v) is 18.5.